The molecule has 4 rings (SSSR count). The Kier molecular flexibility index (Phi) is 8.64. The quantitative estimate of drug-likeness (QED) is 0.148. The maximum atomic E-state index is 13.8. The third-order valence-electron chi connectivity index (χ3n) is 6.06. The van der Waals surface area contributed by atoms with Crippen molar-refractivity contribution < 1.29 is 38.1 Å². The lowest BCUT2D eigenvalue weighted by molar-refractivity contribution is -0.144. The standard InChI is InChI=1S/C24H31N6O8P/c1-4-35-23(33)15(2)29-39(34,38-16-8-6-5-7-9-16)36-12-18-20(31)21(32)24(37-18,13-26-3)19-11-10-17-22(25)27-14-28-30(17)19/h5-11,13-15,18,20-21,31-32H,4,12H2,1-3H3,(H,29,34)(H2,25,27,28)/b26-13+/t15-,18+,20+,21+,24-,39?/m0/s1. The third kappa shape index (κ3) is 5.81. The van der Waals surface area contributed by atoms with E-state index in [1.807, 2.05) is 0 Å². The summed E-state index contributed by atoms with van der Waals surface area (Å²) in [5.74, 6) is -0.250. The molecule has 1 aromatic carbocycles. The Morgan fingerprint density at radius 2 is 2.08 bits per heavy atom. The van der Waals surface area contributed by atoms with Gasteiger partial charge >= 0.3 is 13.7 Å². The number of aromatic nitrogens is 3. The van der Waals surface area contributed by atoms with Crippen molar-refractivity contribution in [2.75, 3.05) is 26.0 Å². The molecule has 2 aromatic heterocycles. The predicted octanol–water partition coefficient (Wildman–Crippen LogP) is 1.07. The van der Waals surface area contributed by atoms with Gasteiger partial charge in [0.25, 0.3) is 0 Å². The smallest absolute Gasteiger partial charge is 0.459 e. The van der Waals surface area contributed by atoms with Gasteiger partial charge in [-0.3, -0.25) is 14.3 Å². The predicted molar refractivity (Wildman–Crippen MR) is 140 cm³/mol. The van der Waals surface area contributed by atoms with Crippen LogP contribution in [0.4, 0.5) is 5.82 Å². The number of hydrogen-bond acceptors (Lipinski definition) is 12. The number of anilines is 1. The summed E-state index contributed by atoms with van der Waals surface area (Å²) in [5, 5.41) is 28.9. The number of esters is 1. The number of nitrogen functional groups attached to an aromatic ring is 1. The summed E-state index contributed by atoms with van der Waals surface area (Å²) >= 11 is 0. The van der Waals surface area contributed by atoms with Crippen LogP contribution in [0.2, 0.25) is 0 Å². The Bertz CT molecular complexity index is 1370. The van der Waals surface area contributed by atoms with Gasteiger partial charge in [0.05, 0.1) is 18.9 Å². The summed E-state index contributed by atoms with van der Waals surface area (Å²) < 4.78 is 37.6. The van der Waals surface area contributed by atoms with Gasteiger partial charge < -0.3 is 29.9 Å². The van der Waals surface area contributed by atoms with Crippen LogP contribution < -0.4 is 15.3 Å². The molecule has 1 fully saturated rings. The zero-order valence-corrected chi connectivity index (χ0v) is 22.5. The molecule has 3 aromatic rings. The van der Waals surface area contributed by atoms with Gasteiger partial charge in [-0.15, -0.1) is 0 Å². The van der Waals surface area contributed by atoms with Crippen LogP contribution in [0.25, 0.3) is 5.52 Å². The monoisotopic (exact) mass is 562 g/mol. The zero-order valence-electron chi connectivity index (χ0n) is 21.6. The molecule has 1 aliphatic heterocycles. The molecule has 1 saturated heterocycles. The molecule has 0 bridgehead atoms. The average Bonchev–Trinajstić information content (AvgIpc) is 3.45. The first-order chi connectivity index (χ1) is 18.6. The molecular formula is C24H31N6O8P. The molecule has 5 N–H and O–H groups in total. The second-order valence-electron chi connectivity index (χ2n) is 8.73. The van der Waals surface area contributed by atoms with Crippen LogP contribution in [-0.4, -0.2) is 81.6 Å². The molecule has 210 valence electrons. The topological polar surface area (TPSA) is 192 Å². The number of hydrogen-bond donors (Lipinski definition) is 4. The molecule has 1 unspecified atom stereocenters. The van der Waals surface area contributed by atoms with Gasteiger partial charge in [-0.05, 0) is 38.1 Å². The second kappa shape index (κ2) is 11.8. The lowest BCUT2D eigenvalue weighted by Crippen LogP contribution is -2.43. The first-order valence-corrected chi connectivity index (χ1v) is 13.7. The molecule has 0 radical (unpaired) electrons. The number of benzene rings is 1. The Labute approximate surface area is 224 Å². The number of rotatable bonds is 11. The van der Waals surface area contributed by atoms with Crippen molar-refractivity contribution in [3.8, 4) is 5.75 Å². The van der Waals surface area contributed by atoms with Crippen molar-refractivity contribution >= 4 is 31.3 Å². The number of carbonyl (C=O) groups excluding carboxylic acids is 1. The first kappa shape index (κ1) is 28.6. The largest absolute Gasteiger partial charge is 0.465 e. The van der Waals surface area contributed by atoms with E-state index in [9.17, 15) is 19.6 Å². The Morgan fingerprint density at radius 3 is 2.77 bits per heavy atom. The molecule has 15 heteroatoms. The van der Waals surface area contributed by atoms with Crippen molar-refractivity contribution in [2.45, 2.75) is 43.8 Å². The molecule has 0 saturated carbocycles. The molecule has 6 atom stereocenters. The molecule has 0 aliphatic carbocycles. The van der Waals surface area contributed by atoms with E-state index in [-0.39, 0.29) is 18.2 Å². The van der Waals surface area contributed by atoms with Crippen LogP contribution in [0.3, 0.4) is 0 Å². The van der Waals surface area contributed by atoms with E-state index in [2.05, 4.69) is 20.2 Å². The summed E-state index contributed by atoms with van der Waals surface area (Å²) in [5.41, 5.74) is 5.07. The Hall–Kier alpha value is -3.39. The zero-order chi connectivity index (χ0) is 28.2. The number of nitrogens with zero attached hydrogens (tertiary/aromatic N) is 4. The fraction of sp³-hybridized carbons (Fsp3) is 0.417. The molecule has 1 aliphatic rings. The molecule has 0 spiro atoms. The lowest BCUT2D eigenvalue weighted by atomic mass is 9.92. The van der Waals surface area contributed by atoms with Crippen molar-refractivity contribution in [2.24, 2.45) is 4.99 Å². The van der Waals surface area contributed by atoms with Crippen LogP contribution >= 0.6 is 7.75 Å². The molecule has 0 amide bonds. The number of aliphatic hydroxyl groups is 2. The highest BCUT2D eigenvalue weighted by Gasteiger charge is 2.56. The highest BCUT2D eigenvalue weighted by Crippen LogP contribution is 2.47. The Balaban J connectivity index is 1.60. The second-order valence-corrected chi connectivity index (χ2v) is 10.4. The fourth-order valence-corrected chi connectivity index (χ4v) is 5.75. The van der Waals surface area contributed by atoms with Gasteiger partial charge in [0.2, 0.25) is 0 Å². The number of carbonyl (C=O) groups is 1. The molecule has 39 heavy (non-hydrogen) atoms. The van der Waals surface area contributed by atoms with Crippen LogP contribution in [0.1, 0.15) is 19.5 Å². The first-order valence-electron chi connectivity index (χ1n) is 12.1. The minimum Gasteiger partial charge on any atom is -0.465 e. The number of nitrogens with two attached hydrogens (primary N) is 1. The molecule has 14 nitrogen and oxygen atoms in total. The number of ether oxygens (including phenoxy) is 2. The van der Waals surface area contributed by atoms with Gasteiger partial charge in [0.15, 0.2) is 11.4 Å². The number of aliphatic imine (C=N–C) groups is 1. The highest BCUT2D eigenvalue weighted by atomic mass is 31.2. The summed E-state index contributed by atoms with van der Waals surface area (Å²) in [7, 11) is -2.75. The van der Waals surface area contributed by atoms with E-state index < -0.39 is 50.3 Å². The van der Waals surface area contributed by atoms with Crippen molar-refractivity contribution in [1.29, 1.82) is 0 Å². The lowest BCUT2D eigenvalue weighted by Gasteiger charge is -2.28. The summed E-state index contributed by atoms with van der Waals surface area (Å²) in [6.45, 7) is 2.72. The molecule has 3 heterocycles. The summed E-state index contributed by atoms with van der Waals surface area (Å²) in [6.07, 6.45) is -1.64. The number of aliphatic hydroxyl groups excluding tert-OH is 2. The Morgan fingerprint density at radius 1 is 1.33 bits per heavy atom. The fourth-order valence-electron chi connectivity index (χ4n) is 4.24. The minimum absolute atomic E-state index is 0.127. The van der Waals surface area contributed by atoms with E-state index in [4.69, 9.17) is 24.3 Å². The SMILES string of the molecule is CCOC(=O)[C@H](C)NP(=O)(OC[C@H]1O[C@@](/C=N/C)(c2ccc3c(N)ncnn23)[C@H](O)[C@@H]1O)Oc1ccccc1. The number of para-hydroxylation sites is 1. The van der Waals surface area contributed by atoms with Gasteiger partial charge in [-0.2, -0.15) is 10.2 Å². The normalized spacial score (nSPS) is 25.5. The highest BCUT2D eigenvalue weighted by molar-refractivity contribution is 7.52. The van der Waals surface area contributed by atoms with Crippen LogP contribution in [0, 0.1) is 0 Å². The summed E-state index contributed by atoms with van der Waals surface area (Å²) in [6, 6.07) is 10.4. The number of nitrogens with one attached hydrogen (secondary N) is 1. The average molecular weight is 563 g/mol. The summed E-state index contributed by atoms with van der Waals surface area (Å²) in [4.78, 5) is 20.2. The maximum absolute atomic E-state index is 13.8. The van der Waals surface area contributed by atoms with E-state index in [1.54, 1.807) is 49.4 Å². The van der Waals surface area contributed by atoms with Crippen molar-refractivity contribution in [3.63, 3.8) is 0 Å². The third-order valence-corrected chi connectivity index (χ3v) is 7.71. The van der Waals surface area contributed by atoms with Crippen LogP contribution in [0.15, 0.2) is 53.8 Å². The van der Waals surface area contributed by atoms with Gasteiger partial charge in [0.1, 0.15) is 41.9 Å². The number of fused-ring (bicyclic) bond motifs is 1. The van der Waals surface area contributed by atoms with Crippen LogP contribution in [0.5, 0.6) is 5.75 Å². The van der Waals surface area contributed by atoms with Gasteiger partial charge in [0, 0.05) is 13.3 Å². The van der Waals surface area contributed by atoms with E-state index in [0.717, 1.165) is 0 Å². The van der Waals surface area contributed by atoms with E-state index >= 15 is 0 Å². The van der Waals surface area contributed by atoms with Gasteiger partial charge in [-0.1, -0.05) is 18.2 Å². The van der Waals surface area contributed by atoms with E-state index in [1.165, 1.54) is 31.0 Å². The molecular weight excluding hydrogens is 531 g/mol. The van der Waals surface area contributed by atoms with Crippen molar-refractivity contribution in [3.05, 3.63) is 54.5 Å². The van der Waals surface area contributed by atoms with E-state index in [0.29, 0.717) is 11.2 Å². The van der Waals surface area contributed by atoms with Crippen molar-refractivity contribution in [1.82, 2.24) is 19.7 Å². The van der Waals surface area contributed by atoms with Gasteiger partial charge in [-0.25, -0.2) is 14.1 Å². The maximum Gasteiger partial charge on any atom is 0.459 e. The van der Waals surface area contributed by atoms with Crippen LogP contribution in [-0.2, 0) is 29.0 Å². The minimum atomic E-state index is -4.24.